The van der Waals surface area contributed by atoms with E-state index in [1.165, 1.54) is 12.1 Å². The number of nitrogens with zero attached hydrogens (tertiary/aromatic N) is 4. The molecule has 4 rings (SSSR count). The van der Waals surface area contributed by atoms with Gasteiger partial charge in [0.15, 0.2) is 11.3 Å². The van der Waals surface area contributed by atoms with Gasteiger partial charge in [-0.3, -0.25) is 4.79 Å². The van der Waals surface area contributed by atoms with Gasteiger partial charge in [-0.1, -0.05) is 0 Å². The number of halogens is 1. The standard InChI is InChI=1S/C19H19FN4O2/c1-12-10-23(11-13(2)26-12)19(25)16-9-18-21-8-7-17(24(18)22-16)14-3-5-15(20)6-4-14/h3-9,12-13H,10-11H2,1-2H3. The molecule has 0 aliphatic carbocycles. The van der Waals surface area contributed by atoms with Crippen molar-refractivity contribution in [1.29, 1.82) is 0 Å². The molecule has 2 unspecified atom stereocenters. The van der Waals surface area contributed by atoms with Crippen LogP contribution >= 0.6 is 0 Å². The SMILES string of the molecule is CC1CN(C(=O)c2cc3nccc(-c4ccc(F)cc4)n3n2)CC(C)O1. The molecule has 0 N–H and O–H groups in total. The molecule has 0 radical (unpaired) electrons. The van der Waals surface area contributed by atoms with Crippen LogP contribution in [0.15, 0.2) is 42.6 Å². The van der Waals surface area contributed by atoms with Crippen molar-refractivity contribution in [1.82, 2.24) is 19.5 Å². The molecule has 0 spiro atoms. The summed E-state index contributed by atoms with van der Waals surface area (Å²) in [6, 6.07) is 9.62. The molecule has 2 atom stereocenters. The number of rotatable bonds is 2. The molecule has 0 saturated carbocycles. The van der Waals surface area contributed by atoms with E-state index in [0.717, 1.165) is 11.3 Å². The number of carbonyl (C=O) groups excluding carboxylic acids is 1. The van der Waals surface area contributed by atoms with Gasteiger partial charge in [0.05, 0.1) is 17.9 Å². The smallest absolute Gasteiger partial charge is 0.274 e. The molecule has 6 nitrogen and oxygen atoms in total. The van der Waals surface area contributed by atoms with Crippen LogP contribution in [-0.4, -0.2) is 50.7 Å². The zero-order valence-electron chi connectivity index (χ0n) is 14.6. The number of benzene rings is 1. The van der Waals surface area contributed by atoms with Gasteiger partial charge in [0.1, 0.15) is 5.82 Å². The highest BCUT2D eigenvalue weighted by molar-refractivity contribution is 5.93. The first-order chi connectivity index (χ1) is 12.5. The topological polar surface area (TPSA) is 59.7 Å². The lowest BCUT2D eigenvalue weighted by molar-refractivity contribution is -0.0587. The fourth-order valence-corrected chi connectivity index (χ4v) is 3.34. The third-order valence-electron chi connectivity index (χ3n) is 4.42. The summed E-state index contributed by atoms with van der Waals surface area (Å²) >= 11 is 0. The number of hydrogen-bond donors (Lipinski definition) is 0. The van der Waals surface area contributed by atoms with Crippen LogP contribution in [0.25, 0.3) is 16.9 Å². The van der Waals surface area contributed by atoms with Gasteiger partial charge in [-0.2, -0.15) is 5.10 Å². The Morgan fingerprint density at radius 1 is 1.15 bits per heavy atom. The molecule has 26 heavy (non-hydrogen) atoms. The Bertz CT molecular complexity index is 944. The maximum absolute atomic E-state index is 13.2. The summed E-state index contributed by atoms with van der Waals surface area (Å²) in [5.41, 5.74) is 2.46. The second-order valence-corrected chi connectivity index (χ2v) is 6.60. The third kappa shape index (κ3) is 3.06. The molecule has 7 heteroatoms. The first-order valence-corrected chi connectivity index (χ1v) is 8.57. The van der Waals surface area contributed by atoms with Crippen LogP contribution in [0.1, 0.15) is 24.3 Å². The summed E-state index contributed by atoms with van der Waals surface area (Å²) in [6.07, 6.45) is 1.64. The van der Waals surface area contributed by atoms with Crippen LogP contribution < -0.4 is 0 Å². The van der Waals surface area contributed by atoms with Crippen LogP contribution in [0.4, 0.5) is 4.39 Å². The van der Waals surface area contributed by atoms with Crippen molar-refractivity contribution in [3.8, 4) is 11.3 Å². The van der Waals surface area contributed by atoms with Gasteiger partial charge in [-0.25, -0.2) is 13.9 Å². The fraction of sp³-hybridized carbons (Fsp3) is 0.316. The zero-order valence-corrected chi connectivity index (χ0v) is 14.6. The number of ether oxygens (including phenoxy) is 1. The van der Waals surface area contributed by atoms with Crippen molar-refractivity contribution < 1.29 is 13.9 Å². The number of fused-ring (bicyclic) bond motifs is 1. The van der Waals surface area contributed by atoms with Crippen molar-refractivity contribution in [2.45, 2.75) is 26.1 Å². The zero-order chi connectivity index (χ0) is 18.3. The molecule has 1 aliphatic rings. The van der Waals surface area contributed by atoms with Gasteiger partial charge in [-0.05, 0) is 44.2 Å². The van der Waals surface area contributed by atoms with Crippen LogP contribution in [0.3, 0.4) is 0 Å². The number of aromatic nitrogens is 3. The minimum atomic E-state index is -0.300. The second kappa shape index (κ2) is 6.49. The lowest BCUT2D eigenvalue weighted by Gasteiger charge is -2.34. The van der Waals surface area contributed by atoms with E-state index in [4.69, 9.17) is 4.74 Å². The van der Waals surface area contributed by atoms with E-state index in [1.54, 1.807) is 39.9 Å². The Hall–Kier alpha value is -2.80. The van der Waals surface area contributed by atoms with E-state index in [0.29, 0.717) is 24.4 Å². The second-order valence-electron chi connectivity index (χ2n) is 6.60. The van der Waals surface area contributed by atoms with Crippen LogP contribution in [0, 0.1) is 5.82 Å². The number of morpholine rings is 1. The summed E-state index contributed by atoms with van der Waals surface area (Å²) in [5.74, 6) is -0.437. The minimum Gasteiger partial charge on any atom is -0.372 e. The van der Waals surface area contributed by atoms with Crippen LogP contribution in [0.5, 0.6) is 0 Å². The highest BCUT2D eigenvalue weighted by atomic mass is 19.1. The molecule has 1 fully saturated rings. The Morgan fingerprint density at radius 3 is 2.54 bits per heavy atom. The van der Waals surface area contributed by atoms with E-state index in [2.05, 4.69) is 10.1 Å². The monoisotopic (exact) mass is 354 g/mol. The number of hydrogen-bond acceptors (Lipinski definition) is 4. The average Bonchev–Trinajstić information content (AvgIpc) is 3.05. The van der Waals surface area contributed by atoms with Gasteiger partial charge < -0.3 is 9.64 Å². The van der Waals surface area contributed by atoms with Crippen LogP contribution in [0.2, 0.25) is 0 Å². The van der Waals surface area contributed by atoms with E-state index >= 15 is 0 Å². The third-order valence-corrected chi connectivity index (χ3v) is 4.42. The maximum atomic E-state index is 13.2. The summed E-state index contributed by atoms with van der Waals surface area (Å²) in [6.45, 7) is 4.98. The van der Waals surface area contributed by atoms with Crippen molar-refractivity contribution in [2.75, 3.05) is 13.1 Å². The molecule has 1 aromatic carbocycles. The van der Waals surface area contributed by atoms with Crippen LogP contribution in [-0.2, 0) is 4.74 Å². The van der Waals surface area contributed by atoms with Gasteiger partial charge in [0, 0.05) is 30.9 Å². The number of carbonyl (C=O) groups is 1. The molecule has 1 saturated heterocycles. The summed E-state index contributed by atoms with van der Waals surface area (Å²) in [5, 5.41) is 4.47. The van der Waals surface area contributed by atoms with E-state index in [9.17, 15) is 9.18 Å². The number of amides is 1. The molecule has 1 amide bonds. The predicted octanol–water partition coefficient (Wildman–Crippen LogP) is 2.78. The van der Waals surface area contributed by atoms with Gasteiger partial charge >= 0.3 is 0 Å². The lowest BCUT2D eigenvalue weighted by Crippen LogP contribution is -2.48. The molecular formula is C19H19FN4O2. The Morgan fingerprint density at radius 2 is 1.85 bits per heavy atom. The fourth-order valence-electron chi connectivity index (χ4n) is 3.34. The summed E-state index contributed by atoms with van der Waals surface area (Å²) < 4.78 is 20.5. The molecule has 0 bridgehead atoms. The van der Waals surface area contributed by atoms with Crippen molar-refractivity contribution in [3.63, 3.8) is 0 Å². The van der Waals surface area contributed by atoms with Crippen molar-refractivity contribution in [3.05, 3.63) is 54.1 Å². The van der Waals surface area contributed by atoms with Crippen molar-refractivity contribution in [2.24, 2.45) is 0 Å². The highest BCUT2D eigenvalue weighted by Crippen LogP contribution is 2.21. The first kappa shape index (κ1) is 16.7. The van der Waals surface area contributed by atoms with Gasteiger partial charge in [0.25, 0.3) is 5.91 Å². The summed E-state index contributed by atoms with van der Waals surface area (Å²) in [7, 11) is 0. The average molecular weight is 354 g/mol. The van der Waals surface area contributed by atoms with Crippen molar-refractivity contribution >= 4 is 11.6 Å². The predicted molar refractivity (Wildman–Crippen MR) is 94.3 cm³/mol. The molecular weight excluding hydrogens is 335 g/mol. The normalized spacial score (nSPS) is 20.5. The first-order valence-electron chi connectivity index (χ1n) is 8.57. The Balaban J connectivity index is 1.70. The molecule has 1 aliphatic heterocycles. The van der Waals surface area contributed by atoms with E-state index in [-0.39, 0.29) is 23.9 Å². The molecule has 3 aromatic rings. The van der Waals surface area contributed by atoms with Gasteiger partial charge in [0.2, 0.25) is 0 Å². The molecule has 134 valence electrons. The highest BCUT2D eigenvalue weighted by Gasteiger charge is 2.28. The quantitative estimate of drug-likeness (QED) is 0.710. The Labute approximate surface area is 150 Å². The minimum absolute atomic E-state index is 0.00682. The molecule has 2 aromatic heterocycles. The largest absolute Gasteiger partial charge is 0.372 e. The van der Waals surface area contributed by atoms with E-state index in [1.807, 2.05) is 13.8 Å². The van der Waals surface area contributed by atoms with Gasteiger partial charge in [-0.15, -0.1) is 0 Å². The van der Waals surface area contributed by atoms with E-state index < -0.39 is 0 Å². The lowest BCUT2D eigenvalue weighted by atomic mass is 10.1. The Kier molecular flexibility index (Phi) is 4.16. The summed E-state index contributed by atoms with van der Waals surface area (Å²) in [4.78, 5) is 18.9. The molecule has 3 heterocycles. The maximum Gasteiger partial charge on any atom is 0.274 e.